The highest BCUT2D eigenvalue weighted by atomic mass is 16.5. The van der Waals surface area contributed by atoms with Gasteiger partial charge in [-0.3, -0.25) is 4.79 Å². The van der Waals surface area contributed by atoms with Gasteiger partial charge < -0.3 is 10.1 Å². The van der Waals surface area contributed by atoms with Gasteiger partial charge in [0.15, 0.2) is 0 Å². The second kappa shape index (κ2) is 7.29. The molecule has 7 nitrogen and oxygen atoms in total. The largest absolute Gasteiger partial charge is 0.497 e. The molecule has 0 fully saturated rings. The summed E-state index contributed by atoms with van der Waals surface area (Å²) in [5.41, 5.74) is 3.90. The minimum atomic E-state index is 0.000284. The van der Waals surface area contributed by atoms with Crippen LogP contribution in [0.2, 0.25) is 0 Å². The van der Waals surface area contributed by atoms with E-state index < -0.39 is 0 Å². The van der Waals surface area contributed by atoms with E-state index in [1.807, 2.05) is 38.1 Å². The number of fused-ring (bicyclic) bond motifs is 1. The molecule has 130 valence electrons. The second-order valence-corrected chi connectivity index (χ2v) is 5.86. The molecule has 0 saturated heterocycles. The number of amides is 1. The molecule has 0 aliphatic rings. The van der Waals surface area contributed by atoms with E-state index in [4.69, 9.17) is 4.74 Å². The molecule has 3 rings (SSSR count). The molecule has 1 aromatic carbocycles. The van der Waals surface area contributed by atoms with Crippen LogP contribution in [0.3, 0.4) is 0 Å². The SMILES string of the molecule is COc1cccc(CNC(=O)CCc2c(C)nc3ncnn3c2C)c1. The number of ether oxygens (including phenoxy) is 1. The average Bonchev–Trinajstić information content (AvgIpc) is 3.08. The molecule has 0 radical (unpaired) electrons. The van der Waals surface area contributed by atoms with Crippen LogP contribution < -0.4 is 10.1 Å². The van der Waals surface area contributed by atoms with E-state index in [1.54, 1.807) is 11.6 Å². The van der Waals surface area contributed by atoms with Gasteiger partial charge in [0.25, 0.3) is 5.78 Å². The van der Waals surface area contributed by atoms with E-state index in [0.29, 0.717) is 25.2 Å². The highest BCUT2D eigenvalue weighted by molar-refractivity contribution is 5.76. The Bertz CT molecular complexity index is 904. The van der Waals surface area contributed by atoms with Gasteiger partial charge in [-0.2, -0.15) is 10.1 Å². The number of carbonyl (C=O) groups excluding carboxylic acids is 1. The Morgan fingerprint density at radius 3 is 2.96 bits per heavy atom. The third-order valence-corrected chi connectivity index (χ3v) is 4.21. The molecule has 0 saturated carbocycles. The van der Waals surface area contributed by atoms with Gasteiger partial charge in [0, 0.05) is 24.4 Å². The lowest BCUT2D eigenvalue weighted by molar-refractivity contribution is -0.121. The van der Waals surface area contributed by atoms with Crippen molar-refractivity contribution in [3.05, 3.63) is 53.1 Å². The Kier molecular flexibility index (Phi) is 4.92. The predicted molar refractivity (Wildman–Crippen MR) is 93.4 cm³/mol. The van der Waals surface area contributed by atoms with Crippen LogP contribution in [-0.2, 0) is 17.8 Å². The number of nitrogens with one attached hydrogen (secondary N) is 1. The molecule has 2 heterocycles. The lowest BCUT2D eigenvalue weighted by Crippen LogP contribution is -2.23. The molecule has 0 aliphatic carbocycles. The Morgan fingerprint density at radius 1 is 1.32 bits per heavy atom. The van der Waals surface area contributed by atoms with Crippen LogP contribution in [0.25, 0.3) is 5.78 Å². The molecule has 3 aromatic rings. The lowest BCUT2D eigenvalue weighted by Gasteiger charge is -2.11. The summed E-state index contributed by atoms with van der Waals surface area (Å²) in [5, 5.41) is 7.11. The fraction of sp³-hybridized carbons (Fsp3) is 0.333. The molecule has 7 heteroatoms. The summed E-state index contributed by atoms with van der Waals surface area (Å²) < 4.78 is 6.89. The minimum absolute atomic E-state index is 0.000284. The minimum Gasteiger partial charge on any atom is -0.497 e. The molecule has 0 atom stereocenters. The maximum absolute atomic E-state index is 12.2. The molecule has 0 bridgehead atoms. The molecule has 0 spiro atoms. The molecule has 2 aromatic heterocycles. The van der Waals surface area contributed by atoms with Gasteiger partial charge in [0.2, 0.25) is 5.91 Å². The normalized spacial score (nSPS) is 10.8. The Balaban J connectivity index is 1.60. The van der Waals surface area contributed by atoms with Gasteiger partial charge >= 0.3 is 0 Å². The quantitative estimate of drug-likeness (QED) is 0.743. The Hall–Kier alpha value is -2.96. The average molecular weight is 339 g/mol. The number of rotatable bonds is 6. The summed E-state index contributed by atoms with van der Waals surface area (Å²) in [7, 11) is 1.63. The first-order valence-corrected chi connectivity index (χ1v) is 8.14. The van der Waals surface area contributed by atoms with Crippen molar-refractivity contribution in [2.45, 2.75) is 33.2 Å². The summed E-state index contributed by atoms with van der Waals surface area (Å²) in [6, 6.07) is 7.66. The van der Waals surface area contributed by atoms with Crippen LogP contribution in [0, 0.1) is 13.8 Å². The summed E-state index contributed by atoms with van der Waals surface area (Å²) in [6.07, 6.45) is 2.50. The third kappa shape index (κ3) is 3.76. The molecule has 0 aliphatic heterocycles. The molecular weight excluding hydrogens is 318 g/mol. The second-order valence-electron chi connectivity index (χ2n) is 5.86. The number of nitrogens with zero attached hydrogens (tertiary/aromatic N) is 4. The van der Waals surface area contributed by atoms with Gasteiger partial charge in [-0.05, 0) is 43.5 Å². The zero-order chi connectivity index (χ0) is 17.8. The Labute approximate surface area is 146 Å². The fourth-order valence-electron chi connectivity index (χ4n) is 2.83. The number of benzene rings is 1. The number of aryl methyl sites for hydroxylation is 2. The van der Waals surface area contributed by atoms with E-state index in [1.165, 1.54) is 6.33 Å². The topological polar surface area (TPSA) is 81.4 Å². The van der Waals surface area contributed by atoms with Crippen molar-refractivity contribution < 1.29 is 9.53 Å². The van der Waals surface area contributed by atoms with Crippen molar-refractivity contribution in [2.24, 2.45) is 0 Å². The van der Waals surface area contributed by atoms with Crippen LogP contribution in [0.4, 0.5) is 0 Å². The van der Waals surface area contributed by atoms with Crippen LogP contribution in [0.1, 0.15) is 28.9 Å². The molecule has 25 heavy (non-hydrogen) atoms. The van der Waals surface area contributed by atoms with E-state index in [9.17, 15) is 4.79 Å². The maximum Gasteiger partial charge on any atom is 0.252 e. The van der Waals surface area contributed by atoms with E-state index >= 15 is 0 Å². The molecular formula is C18H21N5O2. The number of methoxy groups -OCH3 is 1. The summed E-state index contributed by atoms with van der Waals surface area (Å²) in [6.45, 7) is 4.39. The number of carbonyl (C=O) groups is 1. The molecule has 1 amide bonds. The summed E-state index contributed by atoms with van der Waals surface area (Å²) >= 11 is 0. The van der Waals surface area contributed by atoms with Crippen LogP contribution in [0.15, 0.2) is 30.6 Å². The molecule has 1 N–H and O–H groups in total. The van der Waals surface area contributed by atoms with Crippen LogP contribution >= 0.6 is 0 Å². The third-order valence-electron chi connectivity index (χ3n) is 4.21. The fourth-order valence-corrected chi connectivity index (χ4v) is 2.83. The van der Waals surface area contributed by atoms with Gasteiger partial charge in [0.1, 0.15) is 12.1 Å². The predicted octanol–water partition coefficient (Wildman–Crippen LogP) is 2.00. The maximum atomic E-state index is 12.2. The van der Waals surface area contributed by atoms with Crippen molar-refractivity contribution in [1.82, 2.24) is 24.9 Å². The van der Waals surface area contributed by atoms with E-state index in [-0.39, 0.29) is 5.91 Å². The number of hydrogen-bond donors (Lipinski definition) is 1. The smallest absolute Gasteiger partial charge is 0.252 e. The summed E-state index contributed by atoms with van der Waals surface area (Å²) in [4.78, 5) is 20.7. The zero-order valence-corrected chi connectivity index (χ0v) is 14.6. The van der Waals surface area contributed by atoms with Gasteiger partial charge in [-0.15, -0.1) is 0 Å². The van der Waals surface area contributed by atoms with Crippen molar-refractivity contribution in [3.8, 4) is 5.75 Å². The van der Waals surface area contributed by atoms with Gasteiger partial charge in [0.05, 0.1) is 7.11 Å². The first-order valence-electron chi connectivity index (χ1n) is 8.14. The monoisotopic (exact) mass is 339 g/mol. The van der Waals surface area contributed by atoms with Crippen LogP contribution in [0.5, 0.6) is 5.75 Å². The van der Waals surface area contributed by atoms with Crippen molar-refractivity contribution in [1.29, 1.82) is 0 Å². The summed E-state index contributed by atoms with van der Waals surface area (Å²) in [5.74, 6) is 1.37. The van der Waals surface area contributed by atoms with E-state index in [0.717, 1.165) is 28.3 Å². The highest BCUT2D eigenvalue weighted by Crippen LogP contribution is 2.15. The first kappa shape index (κ1) is 16.9. The van der Waals surface area contributed by atoms with Gasteiger partial charge in [-0.25, -0.2) is 9.50 Å². The van der Waals surface area contributed by atoms with Gasteiger partial charge in [-0.1, -0.05) is 12.1 Å². The standard InChI is InChI=1S/C18H21N5O2/c1-12-16(13(2)23-18(22-12)20-11-21-23)7-8-17(24)19-10-14-5-4-6-15(9-14)25-3/h4-6,9,11H,7-8,10H2,1-3H3,(H,19,24). The number of aromatic nitrogens is 4. The molecule has 0 unspecified atom stereocenters. The highest BCUT2D eigenvalue weighted by Gasteiger charge is 2.12. The van der Waals surface area contributed by atoms with E-state index in [2.05, 4.69) is 20.4 Å². The lowest BCUT2D eigenvalue weighted by atomic mass is 10.1. The van der Waals surface area contributed by atoms with Crippen molar-refractivity contribution >= 4 is 11.7 Å². The first-order chi connectivity index (χ1) is 12.1. The van der Waals surface area contributed by atoms with Crippen molar-refractivity contribution in [2.75, 3.05) is 7.11 Å². The Morgan fingerprint density at radius 2 is 2.16 bits per heavy atom. The zero-order valence-electron chi connectivity index (χ0n) is 14.6. The van der Waals surface area contributed by atoms with Crippen LogP contribution in [-0.4, -0.2) is 32.6 Å². The van der Waals surface area contributed by atoms with Crippen molar-refractivity contribution in [3.63, 3.8) is 0 Å². The number of hydrogen-bond acceptors (Lipinski definition) is 5.